The first-order valence-electron chi connectivity index (χ1n) is 8.19. The van der Waals surface area contributed by atoms with Crippen LogP contribution in [0, 0.1) is 20.2 Å². The Bertz CT molecular complexity index is 782. The number of rotatable bonds is 4. The lowest BCUT2D eigenvalue weighted by atomic mass is 9.85. The third-order valence-corrected chi connectivity index (χ3v) is 4.98. The Kier molecular flexibility index (Phi) is 4.42. The normalized spacial score (nSPS) is 17.3. The molecule has 1 aromatic carbocycles. The van der Waals surface area contributed by atoms with Gasteiger partial charge in [-0.2, -0.15) is 0 Å². The molecule has 1 aliphatic rings. The number of non-ortho nitro benzene ring substituents is 1. The van der Waals surface area contributed by atoms with Gasteiger partial charge in [-0.25, -0.2) is 0 Å². The summed E-state index contributed by atoms with van der Waals surface area (Å²) >= 11 is 0. The third kappa shape index (κ3) is 2.93. The van der Waals surface area contributed by atoms with Gasteiger partial charge in [0, 0.05) is 35.4 Å². The number of benzene rings is 1. The van der Waals surface area contributed by atoms with E-state index in [-0.39, 0.29) is 17.0 Å². The fourth-order valence-electron chi connectivity index (χ4n) is 3.67. The van der Waals surface area contributed by atoms with Crippen molar-refractivity contribution in [2.45, 2.75) is 50.5 Å². The second kappa shape index (κ2) is 6.51. The van der Waals surface area contributed by atoms with Gasteiger partial charge < -0.3 is 0 Å². The number of hydrogen-bond acceptors (Lipinski definition) is 5. The maximum Gasteiger partial charge on any atom is 0.277 e. The molecule has 7 heteroatoms. The Balaban J connectivity index is 2.07. The number of nitro groups is 2. The Hall–Kier alpha value is -2.57. The van der Waals surface area contributed by atoms with Gasteiger partial charge in [0.1, 0.15) is 0 Å². The van der Waals surface area contributed by atoms with E-state index < -0.39 is 10.5 Å². The number of nitro benzene ring substituents is 1. The lowest BCUT2D eigenvalue weighted by Crippen LogP contribution is -2.40. The van der Waals surface area contributed by atoms with Crippen LogP contribution in [0.3, 0.4) is 0 Å². The highest BCUT2D eigenvalue weighted by Crippen LogP contribution is 2.35. The second-order valence-electron chi connectivity index (χ2n) is 6.46. The van der Waals surface area contributed by atoms with Crippen LogP contribution in [0.4, 0.5) is 5.69 Å². The van der Waals surface area contributed by atoms with Crippen molar-refractivity contribution in [3.8, 4) is 0 Å². The molecule has 0 saturated heterocycles. The van der Waals surface area contributed by atoms with Crippen molar-refractivity contribution in [2.75, 3.05) is 0 Å². The summed E-state index contributed by atoms with van der Waals surface area (Å²) in [6.45, 7) is 0. The van der Waals surface area contributed by atoms with Crippen molar-refractivity contribution in [1.82, 2.24) is 4.98 Å². The molecule has 126 valence electrons. The Morgan fingerprint density at radius 3 is 2.33 bits per heavy atom. The molecule has 0 unspecified atom stereocenters. The molecule has 7 nitrogen and oxygen atoms in total. The van der Waals surface area contributed by atoms with Gasteiger partial charge >= 0.3 is 0 Å². The van der Waals surface area contributed by atoms with Gasteiger partial charge in [-0.3, -0.25) is 25.2 Å². The largest absolute Gasteiger partial charge is 0.277 e. The molecule has 3 rings (SSSR count). The Labute approximate surface area is 139 Å². The molecule has 1 fully saturated rings. The first-order valence-corrected chi connectivity index (χ1v) is 8.19. The molecule has 0 atom stereocenters. The minimum Gasteiger partial charge on any atom is -0.264 e. The summed E-state index contributed by atoms with van der Waals surface area (Å²) in [5.41, 5.74) is -0.426. The lowest BCUT2D eigenvalue weighted by Gasteiger charge is -2.24. The van der Waals surface area contributed by atoms with E-state index in [4.69, 9.17) is 0 Å². The number of pyridine rings is 1. The Morgan fingerprint density at radius 1 is 1.00 bits per heavy atom. The fourth-order valence-corrected chi connectivity index (χ4v) is 3.67. The predicted octanol–water partition coefficient (Wildman–Crippen LogP) is 4.06. The lowest BCUT2D eigenvalue weighted by molar-refractivity contribution is -0.572. The average molecular weight is 329 g/mol. The molecule has 0 N–H and O–H groups in total. The van der Waals surface area contributed by atoms with Crippen LogP contribution in [-0.2, 0) is 6.42 Å². The summed E-state index contributed by atoms with van der Waals surface area (Å²) in [7, 11) is 0. The smallest absolute Gasteiger partial charge is 0.264 e. The zero-order chi connectivity index (χ0) is 17.2. The monoisotopic (exact) mass is 329 g/mol. The fraction of sp³-hybridized carbons (Fsp3) is 0.471. The zero-order valence-corrected chi connectivity index (χ0v) is 13.3. The minimum atomic E-state index is -1.01. The van der Waals surface area contributed by atoms with Gasteiger partial charge in [0.2, 0.25) is 5.54 Å². The summed E-state index contributed by atoms with van der Waals surface area (Å²) in [6.07, 6.45) is 6.51. The maximum atomic E-state index is 11.8. The van der Waals surface area contributed by atoms with Crippen LogP contribution >= 0.6 is 0 Å². The van der Waals surface area contributed by atoms with Gasteiger partial charge in [0.15, 0.2) is 0 Å². The molecule has 1 aliphatic carbocycles. The summed E-state index contributed by atoms with van der Waals surface area (Å²) in [5, 5.41) is 24.1. The van der Waals surface area contributed by atoms with Crippen molar-refractivity contribution in [3.63, 3.8) is 0 Å². The standard InChI is InChI=1S/C17H19N3O4/c21-19(22)16-7-5-6-13-14(16)8-11-18-15(13)12-17(20(23)24)9-3-1-2-4-10-17/h5-8,11H,1-4,9-10,12H2. The number of hydrogen-bond donors (Lipinski definition) is 0. The molecule has 0 amide bonds. The molecular formula is C17H19N3O4. The van der Waals surface area contributed by atoms with Crippen molar-refractivity contribution >= 4 is 16.5 Å². The quantitative estimate of drug-likeness (QED) is 0.478. The first-order chi connectivity index (χ1) is 11.5. The molecule has 2 aromatic rings. The van der Waals surface area contributed by atoms with Crippen LogP contribution in [0.2, 0.25) is 0 Å². The molecule has 1 saturated carbocycles. The van der Waals surface area contributed by atoms with Crippen molar-refractivity contribution < 1.29 is 9.85 Å². The molecular weight excluding hydrogens is 310 g/mol. The van der Waals surface area contributed by atoms with Crippen LogP contribution in [0.1, 0.15) is 44.2 Å². The van der Waals surface area contributed by atoms with Crippen LogP contribution in [0.25, 0.3) is 10.8 Å². The van der Waals surface area contributed by atoms with E-state index in [2.05, 4.69) is 4.98 Å². The molecule has 0 bridgehead atoms. The maximum absolute atomic E-state index is 11.8. The summed E-state index contributed by atoms with van der Waals surface area (Å²) in [4.78, 5) is 26.8. The third-order valence-electron chi connectivity index (χ3n) is 4.98. The van der Waals surface area contributed by atoms with E-state index in [1.807, 2.05) is 0 Å². The topological polar surface area (TPSA) is 99.2 Å². The average Bonchev–Trinajstić information content (AvgIpc) is 2.81. The Morgan fingerprint density at radius 2 is 1.71 bits per heavy atom. The molecule has 1 aromatic heterocycles. The van der Waals surface area contributed by atoms with Crippen molar-refractivity contribution in [3.05, 3.63) is 56.4 Å². The van der Waals surface area contributed by atoms with Gasteiger partial charge in [-0.1, -0.05) is 25.0 Å². The molecule has 0 aliphatic heterocycles. The summed E-state index contributed by atoms with van der Waals surface area (Å²) in [6, 6.07) is 6.41. The molecule has 1 heterocycles. The highest BCUT2D eigenvalue weighted by Gasteiger charge is 2.43. The highest BCUT2D eigenvalue weighted by molar-refractivity contribution is 5.92. The predicted molar refractivity (Wildman–Crippen MR) is 89.5 cm³/mol. The zero-order valence-electron chi connectivity index (χ0n) is 13.3. The van der Waals surface area contributed by atoms with Gasteiger partial charge in [-0.05, 0) is 18.9 Å². The van der Waals surface area contributed by atoms with Gasteiger partial charge in [0.05, 0.1) is 22.4 Å². The molecule has 24 heavy (non-hydrogen) atoms. The van der Waals surface area contributed by atoms with Gasteiger partial charge in [0.25, 0.3) is 5.69 Å². The van der Waals surface area contributed by atoms with Crippen LogP contribution in [0.15, 0.2) is 30.5 Å². The minimum absolute atomic E-state index is 0.00664. The van der Waals surface area contributed by atoms with Crippen molar-refractivity contribution in [2.24, 2.45) is 0 Å². The van der Waals surface area contributed by atoms with E-state index in [0.717, 1.165) is 25.7 Å². The van der Waals surface area contributed by atoms with Crippen molar-refractivity contribution in [1.29, 1.82) is 0 Å². The second-order valence-corrected chi connectivity index (χ2v) is 6.46. The van der Waals surface area contributed by atoms with E-state index >= 15 is 0 Å². The first kappa shape index (κ1) is 16.3. The van der Waals surface area contributed by atoms with Crippen LogP contribution < -0.4 is 0 Å². The van der Waals surface area contributed by atoms with E-state index in [1.165, 1.54) is 12.3 Å². The molecule has 0 spiro atoms. The van der Waals surface area contributed by atoms with E-state index in [9.17, 15) is 20.2 Å². The molecule has 0 radical (unpaired) electrons. The SMILES string of the molecule is O=[N+]([O-])c1cccc2c(CC3([N+](=O)[O-])CCCCCC3)nccc12. The van der Waals surface area contributed by atoms with Gasteiger partial charge in [-0.15, -0.1) is 0 Å². The number of nitrogens with zero attached hydrogens (tertiary/aromatic N) is 3. The highest BCUT2D eigenvalue weighted by atomic mass is 16.6. The summed E-state index contributed by atoms with van der Waals surface area (Å²) < 4.78 is 0. The number of aromatic nitrogens is 1. The van der Waals surface area contributed by atoms with Crippen LogP contribution in [0.5, 0.6) is 0 Å². The van der Waals surface area contributed by atoms with Crippen LogP contribution in [-0.4, -0.2) is 20.4 Å². The van der Waals surface area contributed by atoms with E-state index in [0.29, 0.717) is 29.3 Å². The summed E-state index contributed by atoms with van der Waals surface area (Å²) in [5.74, 6) is 0. The van der Waals surface area contributed by atoms with E-state index in [1.54, 1.807) is 18.2 Å². The number of fused-ring (bicyclic) bond motifs is 1.